The summed E-state index contributed by atoms with van der Waals surface area (Å²) in [5.41, 5.74) is 2.02. The normalized spacial score (nSPS) is 11.5. The van der Waals surface area contributed by atoms with Crippen LogP contribution >= 0.6 is 0 Å². The number of nitrogens with one attached hydrogen (secondary N) is 1. The van der Waals surface area contributed by atoms with E-state index < -0.39 is 10.0 Å². The number of anilines is 1. The van der Waals surface area contributed by atoms with E-state index in [1.165, 1.54) is 0 Å². The predicted octanol–water partition coefficient (Wildman–Crippen LogP) is 4.66. The molecule has 0 fully saturated rings. The molecule has 0 aromatic heterocycles. The summed E-state index contributed by atoms with van der Waals surface area (Å²) < 4.78 is 34.1. The number of hydrogen-bond acceptors (Lipinski definition) is 3. The van der Waals surface area contributed by atoms with Crippen molar-refractivity contribution in [3.05, 3.63) is 65.7 Å². The molecule has 0 saturated carbocycles. The van der Waals surface area contributed by atoms with E-state index in [1.807, 2.05) is 50.2 Å². The molecule has 130 valence electrons. The molecule has 0 aliphatic rings. The number of benzene rings is 3. The third-order valence-corrected chi connectivity index (χ3v) is 5.60. The van der Waals surface area contributed by atoms with Crippen LogP contribution in [0.4, 0.5) is 5.69 Å². The molecule has 0 radical (unpaired) electrons. The molecule has 25 heavy (non-hydrogen) atoms. The van der Waals surface area contributed by atoms with Crippen LogP contribution in [0, 0.1) is 13.8 Å². The van der Waals surface area contributed by atoms with Crippen LogP contribution in [0.5, 0.6) is 5.75 Å². The SMILES string of the molecule is CCOc1cc(C)c(S(=O)(=O)Nc2cccc3ccccc23)cc1C. The molecular weight excluding hydrogens is 334 g/mol. The summed E-state index contributed by atoms with van der Waals surface area (Å²) in [6, 6.07) is 16.7. The molecule has 4 nitrogen and oxygen atoms in total. The van der Waals surface area contributed by atoms with Crippen LogP contribution in [0.25, 0.3) is 10.8 Å². The van der Waals surface area contributed by atoms with Crippen LogP contribution in [0.1, 0.15) is 18.1 Å². The van der Waals surface area contributed by atoms with Gasteiger partial charge in [0.05, 0.1) is 17.2 Å². The van der Waals surface area contributed by atoms with Crippen molar-refractivity contribution < 1.29 is 13.2 Å². The second kappa shape index (κ2) is 6.76. The highest BCUT2D eigenvalue weighted by Crippen LogP contribution is 2.29. The summed E-state index contributed by atoms with van der Waals surface area (Å²) in [4.78, 5) is 0.265. The Bertz CT molecular complexity index is 1020. The van der Waals surface area contributed by atoms with E-state index in [2.05, 4.69) is 4.72 Å². The fourth-order valence-electron chi connectivity index (χ4n) is 2.88. The third-order valence-electron chi connectivity index (χ3n) is 4.10. The van der Waals surface area contributed by atoms with Gasteiger partial charge in [0.25, 0.3) is 10.0 Å². The lowest BCUT2D eigenvalue weighted by Gasteiger charge is -2.15. The lowest BCUT2D eigenvalue weighted by Crippen LogP contribution is -2.15. The van der Waals surface area contributed by atoms with Crippen molar-refractivity contribution in [3.63, 3.8) is 0 Å². The van der Waals surface area contributed by atoms with Gasteiger partial charge in [-0.25, -0.2) is 8.42 Å². The zero-order valence-electron chi connectivity index (χ0n) is 14.5. The Kier molecular flexibility index (Phi) is 4.68. The molecule has 0 aliphatic carbocycles. The Morgan fingerprint density at radius 1 is 0.960 bits per heavy atom. The van der Waals surface area contributed by atoms with Gasteiger partial charge in [0, 0.05) is 5.39 Å². The van der Waals surface area contributed by atoms with Crippen molar-refractivity contribution in [2.24, 2.45) is 0 Å². The van der Waals surface area contributed by atoms with Crippen LogP contribution < -0.4 is 9.46 Å². The Morgan fingerprint density at radius 2 is 1.68 bits per heavy atom. The fourth-order valence-corrected chi connectivity index (χ4v) is 4.27. The molecule has 0 atom stereocenters. The molecule has 0 unspecified atom stereocenters. The summed E-state index contributed by atoms with van der Waals surface area (Å²) in [6.45, 7) is 6.07. The van der Waals surface area contributed by atoms with Gasteiger partial charge in [-0.3, -0.25) is 4.72 Å². The average Bonchev–Trinajstić information content (AvgIpc) is 2.58. The highest BCUT2D eigenvalue weighted by Gasteiger charge is 2.20. The fraction of sp³-hybridized carbons (Fsp3) is 0.200. The lowest BCUT2D eigenvalue weighted by atomic mass is 10.1. The average molecular weight is 355 g/mol. The minimum Gasteiger partial charge on any atom is -0.494 e. The highest BCUT2D eigenvalue weighted by molar-refractivity contribution is 7.92. The van der Waals surface area contributed by atoms with Gasteiger partial charge in [-0.05, 0) is 55.5 Å². The van der Waals surface area contributed by atoms with E-state index in [1.54, 1.807) is 25.1 Å². The summed E-state index contributed by atoms with van der Waals surface area (Å²) in [5.74, 6) is 0.712. The maximum atomic E-state index is 12.9. The van der Waals surface area contributed by atoms with Crippen molar-refractivity contribution in [3.8, 4) is 5.75 Å². The van der Waals surface area contributed by atoms with Gasteiger partial charge in [0.15, 0.2) is 0 Å². The summed E-state index contributed by atoms with van der Waals surface area (Å²) >= 11 is 0. The van der Waals surface area contributed by atoms with E-state index in [0.717, 1.165) is 16.3 Å². The zero-order valence-corrected chi connectivity index (χ0v) is 15.4. The molecule has 0 spiro atoms. The number of sulfonamides is 1. The van der Waals surface area contributed by atoms with Gasteiger partial charge in [-0.2, -0.15) is 0 Å². The highest BCUT2D eigenvalue weighted by atomic mass is 32.2. The third kappa shape index (κ3) is 3.46. The van der Waals surface area contributed by atoms with Gasteiger partial charge in [-0.15, -0.1) is 0 Å². The summed E-state index contributed by atoms with van der Waals surface area (Å²) in [5, 5.41) is 1.86. The van der Waals surface area contributed by atoms with E-state index in [9.17, 15) is 8.42 Å². The van der Waals surface area contributed by atoms with E-state index >= 15 is 0 Å². The quantitative estimate of drug-likeness (QED) is 0.724. The van der Waals surface area contributed by atoms with Crippen molar-refractivity contribution >= 4 is 26.5 Å². The minimum atomic E-state index is -3.70. The molecule has 0 amide bonds. The molecule has 0 heterocycles. The van der Waals surface area contributed by atoms with Gasteiger partial charge in [0.2, 0.25) is 0 Å². The lowest BCUT2D eigenvalue weighted by molar-refractivity contribution is 0.337. The maximum absolute atomic E-state index is 12.9. The molecule has 3 rings (SSSR count). The van der Waals surface area contributed by atoms with E-state index in [4.69, 9.17) is 4.74 Å². The van der Waals surface area contributed by atoms with Crippen LogP contribution in [-0.4, -0.2) is 15.0 Å². The Hall–Kier alpha value is -2.53. The Balaban J connectivity index is 2.04. The first kappa shape index (κ1) is 17.3. The van der Waals surface area contributed by atoms with E-state index in [0.29, 0.717) is 23.6 Å². The standard InChI is InChI=1S/C20H21NO3S/c1-4-24-19-12-15(3)20(13-14(19)2)25(22,23)21-18-11-7-9-16-8-5-6-10-17(16)18/h5-13,21H,4H2,1-3H3. The first-order valence-corrected chi connectivity index (χ1v) is 9.65. The summed E-state index contributed by atoms with van der Waals surface area (Å²) in [6.07, 6.45) is 0. The van der Waals surface area contributed by atoms with Gasteiger partial charge < -0.3 is 4.74 Å². The summed E-state index contributed by atoms with van der Waals surface area (Å²) in [7, 11) is -3.70. The second-order valence-corrected chi connectivity index (χ2v) is 7.60. The topological polar surface area (TPSA) is 55.4 Å². The van der Waals surface area contributed by atoms with Crippen molar-refractivity contribution in [1.29, 1.82) is 0 Å². The Morgan fingerprint density at radius 3 is 2.44 bits per heavy atom. The first-order chi connectivity index (χ1) is 11.9. The largest absolute Gasteiger partial charge is 0.494 e. The molecule has 3 aromatic carbocycles. The molecular formula is C20H21NO3S. The van der Waals surface area contributed by atoms with Gasteiger partial charge >= 0.3 is 0 Å². The second-order valence-electron chi connectivity index (χ2n) is 5.95. The Labute approximate surface area is 148 Å². The zero-order chi connectivity index (χ0) is 18.0. The molecule has 5 heteroatoms. The molecule has 0 bridgehead atoms. The maximum Gasteiger partial charge on any atom is 0.262 e. The number of aryl methyl sites for hydroxylation is 2. The predicted molar refractivity (Wildman–Crippen MR) is 102 cm³/mol. The monoisotopic (exact) mass is 355 g/mol. The molecule has 1 N–H and O–H groups in total. The van der Waals surface area contributed by atoms with Crippen molar-refractivity contribution in [2.75, 3.05) is 11.3 Å². The van der Waals surface area contributed by atoms with Gasteiger partial charge in [0.1, 0.15) is 5.75 Å². The smallest absolute Gasteiger partial charge is 0.262 e. The molecule has 3 aromatic rings. The number of rotatable bonds is 5. The van der Waals surface area contributed by atoms with Crippen LogP contribution in [0.2, 0.25) is 0 Å². The van der Waals surface area contributed by atoms with E-state index in [-0.39, 0.29) is 4.90 Å². The molecule has 0 saturated heterocycles. The number of hydrogen-bond donors (Lipinski definition) is 1. The van der Waals surface area contributed by atoms with Crippen LogP contribution in [0.15, 0.2) is 59.5 Å². The van der Waals surface area contributed by atoms with Crippen molar-refractivity contribution in [2.45, 2.75) is 25.7 Å². The number of ether oxygens (including phenoxy) is 1. The van der Waals surface area contributed by atoms with Gasteiger partial charge in [-0.1, -0.05) is 36.4 Å². The molecule has 0 aliphatic heterocycles. The minimum absolute atomic E-state index is 0.265. The van der Waals surface area contributed by atoms with Crippen LogP contribution in [0.3, 0.4) is 0 Å². The first-order valence-electron chi connectivity index (χ1n) is 8.17. The van der Waals surface area contributed by atoms with Crippen LogP contribution in [-0.2, 0) is 10.0 Å². The number of fused-ring (bicyclic) bond motifs is 1. The van der Waals surface area contributed by atoms with Crippen molar-refractivity contribution in [1.82, 2.24) is 0 Å².